The lowest BCUT2D eigenvalue weighted by atomic mass is 9.95. The van der Waals surface area contributed by atoms with Gasteiger partial charge in [-0.3, -0.25) is 14.4 Å². The predicted molar refractivity (Wildman–Crippen MR) is 116 cm³/mol. The van der Waals surface area contributed by atoms with E-state index in [9.17, 15) is 14.4 Å². The number of fused-ring (bicyclic) bond motifs is 1. The lowest BCUT2D eigenvalue weighted by Crippen LogP contribution is -2.39. The Kier molecular flexibility index (Phi) is 6.34. The maximum Gasteiger partial charge on any atom is 0.261 e. The van der Waals surface area contributed by atoms with Crippen LogP contribution in [0.4, 0.5) is 0 Å². The normalized spacial score (nSPS) is 19.1. The Morgan fingerprint density at radius 3 is 2.87 bits per heavy atom. The smallest absolute Gasteiger partial charge is 0.261 e. The van der Waals surface area contributed by atoms with Gasteiger partial charge in [-0.25, -0.2) is 0 Å². The number of thiophene rings is 1. The van der Waals surface area contributed by atoms with Crippen molar-refractivity contribution >= 4 is 39.1 Å². The molecule has 0 spiro atoms. The molecule has 1 unspecified atom stereocenters. The Balaban J connectivity index is 1.52. The van der Waals surface area contributed by atoms with Crippen LogP contribution < -0.4 is 5.32 Å². The maximum atomic E-state index is 12.9. The van der Waals surface area contributed by atoms with Gasteiger partial charge >= 0.3 is 0 Å². The summed E-state index contributed by atoms with van der Waals surface area (Å²) in [6.45, 7) is 3.00. The number of rotatable bonds is 7. The summed E-state index contributed by atoms with van der Waals surface area (Å²) in [6.07, 6.45) is 2.19. The van der Waals surface area contributed by atoms with Gasteiger partial charge in [0.2, 0.25) is 11.8 Å². The number of hydrogen-bond acceptors (Lipinski definition) is 5. The standard InChI is InChI=1S/C22H27N3O4S/c1-29-12-9-23-22(28)21-20(16-5-2-3-6-17(16)30-21)15-8-11-25(13-15)19(27)14-24-10-4-7-18(24)26/h2-3,5-6,15H,4,7-14H2,1H3,(H,23,28). The SMILES string of the molecule is COCCNC(=O)c1sc2ccccc2c1C1CCN(C(=O)CN2CCCC2=O)C1. The summed E-state index contributed by atoms with van der Waals surface area (Å²) in [5.74, 6) is 0.0922. The second-order valence-corrected chi connectivity index (χ2v) is 8.89. The van der Waals surface area contributed by atoms with E-state index in [0.29, 0.717) is 39.2 Å². The van der Waals surface area contributed by atoms with Crippen LogP contribution in [0.1, 0.15) is 40.4 Å². The molecule has 3 amide bonds. The molecule has 2 saturated heterocycles. The lowest BCUT2D eigenvalue weighted by molar-refractivity contribution is -0.137. The van der Waals surface area contributed by atoms with Gasteiger partial charge < -0.3 is 19.9 Å². The number of hydrogen-bond donors (Lipinski definition) is 1. The van der Waals surface area contributed by atoms with Crippen molar-refractivity contribution in [2.75, 3.05) is 46.4 Å². The van der Waals surface area contributed by atoms with Crippen LogP contribution in [0.25, 0.3) is 10.1 Å². The van der Waals surface area contributed by atoms with Gasteiger partial charge in [-0.15, -0.1) is 11.3 Å². The predicted octanol–water partition coefficient (Wildman–Crippen LogP) is 2.22. The van der Waals surface area contributed by atoms with Crippen molar-refractivity contribution in [1.29, 1.82) is 0 Å². The fourth-order valence-corrected chi connectivity index (χ4v) is 5.55. The molecule has 160 valence electrons. The van der Waals surface area contributed by atoms with E-state index in [0.717, 1.165) is 33.4 Å². The van der Waals surface area contributed by atoms with Gasteiger partial charge in [-0.05, 0) is 29.9 Å². The van der Waals surface area contributed by atoms with Crippen molar-refractivity contribution in [1.82, 2.24) is 15.1 Å². The Bertz CT molecular complexity index is 957. The van der Waals surface area contributed by atoms with Crippen LogP contribution in [0.3, 0.4) is 0 Å². The number of amides is 3. The fourth-order valence-electron chi connectivity index (χ4n) is 4.34. The summed E-state index contributed by atoms with van der Waals surface area (Å²) >= 11 is 1.50. The molecular weight excluding hydrogens is 402 g/mol. The largest absolute Gasteiger partial charge is 0.383 e. The number of nitrogens with one attached hydrogen (secondary N) is 1. The molecule has 1 N–H and O–H groups in total. The van der Waals surface area contributed by atoms with E-state index in [1.807, 2.05) is 23.1 Å². The first-order chi connectivity index (χ1) is 14.6. The fraction of sp³-hybridized carbons (Fsp3) is 0.500. The average Bonchev–Trinajstić information content (AvgIpc) is 3.46. The first-order valence-corrected chi connectivity index (χ1v) is 11.2. The third-order valence-corrected chi connectivity index (χ3v) is 7.06. The number of nitrogens with zero attached hydrogens (tertiary/aromatic N) is 2. The van der Waals surface area contributed by atoms with E-state index in [1.165, 1.54) is 11.3 Å². The van der Waals surface area contributed by atoms with E-state index in [1.54, 1.807) is 12.0 Å². The number of carbonyl (C=O) groups excluding carboxylic acids is 3. The highest BCUT2D eigenvalue weighted by molar-refractivity contribution is 7.21. The molecule has 2 aliphatic heterocycles. The Morgan fingerprint density at radius 1 is 1.27 bits per heavy atom. The summed E-state index contributed by atoms with van der Waals surface area (Å²) in [6, 6.07) is 8.06. The van der Waals surface area contributed by atoms with Crippen LogP contribution >= 0.6 is 11.3 Å². The lowest BCUT2D eigenvalue weighted by Gasteiger charge is -2.21. The molecule has 2 aromatic rings. The third kappa shape index (κ3) is 4.20. The van der Waals surface area contributed by atoms with Gasteiger partial charge in [-0.1, -0.05) is 18.2 Å². The minimum absolute atomic E-state index is 0.00150. The molecule has 30 heavy (non-hydrogen) atoms. The van der Waals surface area contributed by atoms with Crippen molar-refractivity contribution in [3.8, 4) is 0 Å². The van der Waals surface area contributed by atoms with Crippen LogP contribution in [-0.4, -0.2) is 74.0 Å². The van der Waals surface area contributed by atoms with Crippen molar-refractivity contribution in [3.63, 3.8) is 0 Å². The molecule has 0 bridgehead atoms. The Morgan fingerprint density at radius 2 is 2.10 bits per heavy atom. The van der Waals surface area contributed by atoms with Crippen molar-refractivity contribution in [3.05, 3.63) is 34.7 Å². The molecule has 1 aromatic heterocycles. The van der Waals surface area contributed by atoms with Crippen molar-refractivity contribution in [2.45, 2.75) is 25.2 Å². The van der Waals surface area contributed by atoms with Crippen LogP contribution in [-0.2, 0) is 14.3 Å². The highest BCUT2D eigenvalue weighted by Gasteiger charge is 2.34. The van der Waals surface area contributed by atoms with Crippen molar-refractivity contribution < 1.29 is 19.1 Å². The first kappa shape index (κ1) is 20.8. The first-order valence-electron chi connectivity index (χ1n) is 10.4. The van der Waals surface area contributed by atoms with E-state index < -0.39 is 0 Å². The highest BCUT2D eigenvalue weighted by Crippen LogP contribution is 2.40. The molecule has 3 heterocycles. The number of carbonyl (C=O) groups is 3. The molecule has 0 aliphatic carbocycles. The molecule has 7 nitrogen and oxygen atoms in total. The van der Waals surface area contributed by atoms with Gasteiger partial charge in [0, 0.05) is 50.3 Å². The molecular formula is C22H27N3O4S. The number of likely N-dealkylation sites (tertiary alicyclic amines) is 2. The molecule has 4 rings (SSSR count). The van der Waals surface area contributed by atoms with E-state index >= 15 is 0 Å². The second kappa shape index (κ2) is 9.14. The zero-order chi connectivity index (χ0) is 21.1. The molecule has 2 fully saturated rings. The van der Waals surface area contributed by atoms with Crippen LogP contribution in [0.15, 0.2) is 24.3 Å². The van der Waals surface area contributed by atoms with Gasteiger partial charge in [0.1, 0.15) is 0 Å². The minimum atomic E-state index is -0.0873. The quantitative estimate of drug-likeness (QED) is 0.685. The van der Waals surface area contributed by atoms with E-state index in [4.69, 9.17) is 4.74 Å². The third-order valence-electron chi connectivity index (χ3n) is 5.88. The van der Waals surface area contributed by atoms with E-state index in [-0.39, 0.29) is 30.2 Å². The summed E-state index contributed by atoms with van der Waals surface area (Å²) in [7, 11) is 1.61. The van der Waals surface area contributed by atoms with Crippen LogP contribution in [0.2, 0.25) is 0 Å². The Hall–Kier alpha value is -2.45. The van der Waals surface area contributed by atoms with Crippen LogP contribution in [0.5, 0.6) is 0 Å². The topological polar surface area (TPSA) is 79.0 Å². The molecule has 0 radical (unpaired) electrons. The molecule has 8 heteroatoms. The van der Waals surface area contributed by atoms with Gasteiger partial charge in [0.25, 0.3) is 5.91 Å². The Labute approximate surface area is 180 Å². The summed E-state index contributed by atoms with van der Waals surface area (Å²) in [5, 5.41) is 4.02. The minimum Gasteiger partial charge on any atom is -0.383 e. The number of benzene rings is 1. The van der Waals surface area contributed by atoms with Crippen molar-refractivity contribution in [2.24, 2.45) is 0 Å². The number of ether oxygens (including phenoxy) is 1. The molecule has 2 aliphatic rings. The maximum absolute atomic E-state index is 12.9. The van der Waals surface area contributed by atoms with Gasteiger partial charge in [0.15, 0.2) is 0 Å². The molecule has 1 atom stereocenters. The average molecular weight is 430 g/mol. The van der Waals surface area contributed by atoms with E-state index in [2.05, 4.69) is 11.4 Å². The van der Waals surface area contributed by atoms with Crippen LogP contribution in [0, 0.1) is 0 Å². The molecule has 1 aromatic carbocycles. The zero-order valence-corrected chi connectivity index (χ0v) is 18.0. The second-order valence-electron chi connectivity index (χ2n) is 7.83. The van der Waals surface area contributed by atoms with Gasteiger partial charge in [-0.2, -0.15) is 0 Å². The number of methoxy groups -OCH3 is 1. The summed E-state index contributed by atoms with van der Waals surface area (Å²) in [5.41, 5.74) is 1.04. The van der Waals surface area contributed by atoms with Gasteiger partial charge in [0.05, 0.1) is 18.0 Å². The summed E-state index contributed by atoms with van der Waals surface area (Å²) < 4.78 is 6.12. The molecule has 0 saturated carbocycles. The monoisotopic (exact) mass is 429 g/mol. The highest BCUT2D eigenvalue weighted by atomic mass is 32.1. The zero-order valence-electron chi connectivity index (χ0n) is 17.2. The summed E-state index contributed by atoms with van der Waals surface area (Å²) in [4.78, 5) is 41.7.